The molecule has 1 aromatic heterocycles. The van der Waals surface area contributed by atoms with Gasteiger partial charge in [0.05, 0.1) is 0 Å². The van der Waals surface area contributed by atoms with Crippen molar-refractivity contribution in [3.8, 4) is 0 Å². The lowest BCUT2D eigenvalue weighted by Gasteiger charge is -2.25. The molecule has 0 radical (unpaired) electrons. The van der Waals surface area contributed by atoms with Crippen LogP contribution in [0, 0.1) is 0 Å². The number of carbonyl (C=O) groups excluding carboxylic acids is 1. The van der Waals surface area contributed by atoms with Gasteiger partial charge in [-0.05, 0) is 30.7 Å². The Morgan fingerprint density at radius 1 is 1.37 bits per heavy atom. The second-order valence-electron chi connectivity index (χ2n) is 4.80. The van der Waals surface area contributed by atoms with Gasteiger partial charge in [-0.15, -0.1) is 11.3 Å². The summed E-state index contributed by atoms with van der Waals surface area (Å²) in [6.07, 6.45) is 3.50. The van der Waals surface area contributed by atoms with E-state index >= 15 is 0 Å². The van der Waals surface area contributed by atoms with E-state index in [4.69, 9.17) is 0 Å². The van der Waals surface area contributed by atoms with Gasteiger partial charge in [0, 0.05) is 11.4 Å². The molecule has 2 amide bonds. The number of carboxylic acids is 1. The summed E-state index contributed by atoms with van der Waals surface area (Å²) >= 11 is 1.65. The van der Waals surface area contributed by atoms with Crippen molar-refractivity contribution in [2.75, 3.05) is 6.54 Å². The van der Waals surface area contributed by atoms with E-state index in [1.807, 2.05) is 17.5 Å². The predicted octanol–water partition coefficient (Wildman–Crippen LogP) is 1.99. The second kappa shape index (κ2) is 6.06. The molecule has 1 fully saturated rings. The Morgan fingerprint density at radius 3 is 2.68 bits per heavy atom. The number of carbonyl (C=O) groups is 2. The molecule has 0 saturated heterocycles. The summed E-state index contributed by atoms with van der Waals surface area (Å²) < 4.78 is 0. The summed E-state index contributed by atoms with van der Waals surface area (Å²) in [6.45, 7) is 0.516. The first-order valence-corrected chi connectivity index (χ1v) is 7.32. The highest BCUT2D eigenvalue weighted by Crippen LogP contribution is 2.29. The maximum atomic E-state index is 11.8. The van der Waals surface area contributed by atoms with Gasteiger partial charge in [-0.2, -0.15) is 0 Å². The zero-order valence-corrected chi connectivity index (χ0v) is 11.5. The molecule has 0 atom stereocenters. The maximum absolute atomic E-state index is 11.8. The number of urea groups is 1. The lowest BCUT2D eigenvalue weighted by molar-refractivity contribution is -0.144. The number of carboxylic acid groups (broad SMARTS) is 1. The number of hydrogen-bond acceptors (Lipinski definition) is 3. The number of thiophene rings is 1. The van der Waals surface area contributed by atoms with Crippen molar-refractivity contribution >= 4 is 23.3 Å². The zero-order valence-electron chi connectivity index (χ0n) is 10.6. The van der Waals surface area contributed by atoms with Crippen LogP contribution in [0.4, 0.5) is 4.79 Å². The van der Waals surface area contributed by atoms with Crippen molar-refractivity contribution in [3.05, 3.63) is 22.4 Å². The fourth-order valence-electron chi connectivity index (χ4n) is 2.39. The van der Waals surface area contributed by atoms with Crippen molar-refractivity contribution in [2.45, 2.75) is 37.6 Å². The van der Waals surface area contributed by atoms with Crippen molar-refractivity contribution in [2.24, 2.45) is 0 Å². The van der Waals surface area contributed by atoms with Crippen molar-refractivity contribution in [1.29, 1.82) is 0 Å². The molecule has 6 heteroatoms. The third kappa shape index (κ3) is 3.47. The average Bonchev–Trinajstić information content (AvgIpc) is 3.00. The van der Waals surface area contributed by atoms with Crippen molar-refractivity contribution in [3.63, 3.8) is 0 Å². The Morgan fingerprint density at radius 2 is 2.11 bits per heavy atom. The summed E-state index contributed by atoms with van der Waals surface area (Å²) in [4.78, 5) is 24.2. The molecule has 0 aromatic carbocycles. The van der Waals surface area contributed by atoms with Crippen molar-refractivity contribution < 1.29 is 14.7 Å². The van der Waals surface area contributed by atoms with Gasteiger partial charge in [-0.25, -0.2) is 9.59 Å². The molecule has 1 aliphatic carbocycles. The normalized spacial score (nSPS) is 17.1. The third-order valence-corrected chi connectivity index (χ3v) is 4.39. The van der Waals surface area contributed by atoms with Crippen molar-refractivity contribution in [1.82, 2.24) is 10.6 Å². The van der Waals surface area contributed by atoms with E-state index in [1.165, 1.54) is 4.88 Å². The Balaban J connectivity index is 1.78. The van der Waals surface area contributed by atoms with Crippen LogP contribution < -0.4 is 10.6 Å². The quantitative estimate of drug-likeness (QED) is 0.772. The van der Waals surface area contributed by atoms with Gasteiger partial charge in [0.2, 0.25) is 0 Å². The van der Waals surface area contributed by atoms with Crippen LogP contribution in [0.2, 0.25) is 0 Å². The fraction of sp³-hybridized carbons (Fsp3) is 0.538. The molecule has 104 valence electrons. The number of rotatable bonds is 5. The molecule has 0 aliphatic heterocycles. The van der Waals surface area contributed by atoms with Gasteiger partial charge < -0.3 is 15.7 Å². The molecule has 1 heterocycles. The number of aliphatic carboxylic acids is 1. The van der Waals surface area contributed by atoms with Gasteiger partial charge in [-0.1, -0.05) is 18.9 Å². The van der Waals surface area contributed by atoms with Crippen LogP contribution in [0.5, 0.6) is 0 Å². The van der Waals surface area contributed by atoms with E-state index in [2.05, 4.69) is 10.6 Å². The Bertz CT molecular complexity index is 439. The first kappa shape index (κ1) is 13.9. The lowest BCUT2D eigenvalue weighted by atomic mass is 9.98. The summed E-state index contributed by atoms with van der Waals surface area (Å²) in [7, 11) is 0. The van der Waals surface area contributed by atoms with Crippen LogP contribution >= 0.6 is 11.3 Å². The zero-order chi connectivity index (χ0) is 13.7. The van der Waals surface area contributed by atoms with Gasteiger partial charge in [0.1, 0.15) is 5.54 Å². The van der Waals surface area contributed by atoms with E-state index in [1.54, 1.807) is 11.3 Å². The molecular formula is C13H18N2O3S. The Labute approximate surface area is 116 Å². The van der Waals surface area contributed by atoms with E-state index in [0.29, 0.717) is 19.4 Å². The van der Waals surface area contributed by atoms with Crippen LogP contribution in [0.25, 0.3) is 0 Å². The molecule has 19 heavy (non-hydrogen) atoms. The van der Waals surface area contributed by atoms with Crippen LogP contribution in [-0.4, -0.2) is 29.2 Å². The topological polar surface area (TPSA) is 78.4 Å². The summed E-state index contributed by atoms with van der Waals surface area (Å²) in [5.74, 6) is -0.932. The fourth-order valence-corrected chi connectivity index (χ4v) is 3.10. The molecular weight excluding hydrogens is 264 g/mol. The van der Waals surface area contributed by atoms with E-state index in [9.17, 15) is 14.7 Å². The number of amides is 2. The van der Waals surface area contributed by atoms with Gasteiger partial charge in [0.15, 0.2) is 0 Å². The standard InChI is InChI=1S/C13H18N2O3S/c16-11(17)13(6-1-2-7-13)15-12(18)14-8-5-10-4-3-9-19-10/h3-4,9H,1-2,5-8H2,(H,16,17)(H2,14,15,18). The molecule has 0 unspecified atom stereocenters. The average molecular weight is 282 g/mol. The first-order valence-electron chi connectivity index (χ1n) is 6.44. The highest BCUT2D eigenvalue weighted by atomic mass is 32.1. The molecule has 1 aliphatic rings. The Kier molecular flexibility index (Phi) is 4.42. The molecule has 2 rings (SSSR count). The SMILES string of the molecule is O=C(NCCc1cccs1)NC1(C(=O)O)CCCC1. The van der Waals surface area contributed by atoms with E-state index in [-0.39, 0.29) is 6.03 Å². The largest absolute Gasteiger partial charge is 0.480 e. The number of hydrogen-bond donors (Lipinski definition) is 3. The van der Waals surface area contributed by atoms with Crippen LogP contribution in [0.15, 0.2) is 17.5 Å². The van der Waals surface area contributed by atoms with Gasteiger partial charge in [-0.3, -0.25) is 0 Å². The van der Waals surface area contributed by atoms with Gasteiger partial charge in [0.25, 0.3) is 0 Å². The van der Waals surface area contributed by atoms with Crippen LogP contribution in [-0.2, 0) is 11.2 Å². The Hall–Kier alpha value is -1.56. The lowest BCUT2D eigenvalue weighted by Crippen LogP contribution is -2.55. The second-order valence-corrected chi connectivity index (χ2v) is 5.84. The highest BCUT2D eigenvalue weighted by Gasteiger charge is 2.42. The minimum absolute atomic E-state index is 0.388. The molecule has 5 nitrogen and oxygen atoms in total. The molecule has 3 N–H and O–H groups in total. The monoisotopic (exact) mass is 282 g/mol. The van der Waals surface area contributed by atoms with Crippen LogP contribution in [0.3, 0.4) is 0 Å². The molecule has 1 aromatic rings. The summed E-state index contributed by atoms with van der Waals surface area (Å²) in [5, 5.41) is 16.6. The highest BCUT2D eigenvalue weighted by molar-refractivity contribution is 7.09. The van der Waals surface area contributed by atoms with Gasteiger partial charge >= 0.3 is 12.0 Å². The van der Waals surface area contributed by atoms with E-state index < -0.39 is 11.5 Å². The molecule has 0 bridgehead atoms. The summed E-state index contributed by atoms with van der Waals surface area (Å²) in [5.41, 5.74) is -1.06. The predicted molar refractivity (Wildman–Crippen MR) is 73.4 cm³/mol. The molecule has 0 spiro atoms. The minimum atomic E-state index is -1.06. The smallest absolute Gasteiger partial charge is 0.329 e. The minimum Gasteiger partial charge on any atom is -0.480 e. The summed E-state index contributed by atoms with van der Waals surface area (Å²) in [6, 6.07) is 3.60. The third-order valence-electron chi connectivity index (χ3n) is 3.46. The van der Waals surface area contributed by atoms with Crippen LogP contribution in [0.1, 0.15) is 30.6 Å². The number of nitrogens with one attached hydrogen (secondary N) is 2. The molecule has 1 saturated carbocycles. The first-order chi connectivity index (χ1) is 9.12. The maximum Gasteiger partial charge on any atom is 0.329 e. The van der Waals surface area contributed by atoms with E-state index in [0.717, 1.165) is 19.3 Å².